The van der Waals surface area contributed by atoms with Gasteiger partial charge in [-0.2, -0.15) is 0 Å². The first-order chi connectivity index (χ1) is 17.9. The molecule has 0 N–H and O–H groups in total. The summed E-state index contributed by atoms with van der Waals surface area (Å²) in [5.41, 5.74) is 5.65. The highest BCUT2D eigenvalue weighted by Crippen LogP contribution is 2.51. The van der Waals surface area contributed by atoms with Gasteiger partial charge in [-0.3, -0.25) is 9.59 Å². The number of rotatable bonds is 7. The number of ketones is 2. The molecule has 3 aliphatic rings. The fourth-order valence-electron chi connectivity index (χ4n) is 5.83. The molecule has 194 valence electrons. The van der Waals surface area contributed by atoms with Gasteiger partial charge in [-0.15, -0.1) is 0 Å². The SMILES string of the molecule is CCCN1C2=C(C(=O)CCC2)C(c2cc(Br)c(OCc3ccc(Cl)cc3)c(OC)c2)C2=C1CCCC2=O. The number of methoxy groups -OCH3 is 1. The van der Waals surface area contributed by atoms with Crippen LogP contribution in [0, 0.1) is 0 Å². The summed E-state index contributed by atoms with van der Waals surface area (Å²) in [6.45, 7) is 3.32. The Morgan fingerprint density at radius 1 is 0.973 bits per heavy atom. The van der Waals surface area contributed by atoms with E-state index in [1.807, 2.05) is 36.4 Å². The molecule has 0 aromatic heterocycles. The summed E-state index contributed by atoms with van der Waals surface area (Å²) in [5, 5.41) is 0.675. The first-order valence-corrected chi connectivity index (χ1v) is 14.1. The van der Waals surface area contributed by atoms with Gasteiger partial charge < -0.3 is 14.4 Å². The molecule has 0 unspecified atom stereocenters. The molecule has 0 radical (unpaired) electrons. The molecule has 2 aliphatic carbocycles. The van der Waals surface area contributed by atoms with Crippen LogP contribution in [0.1, 0.15) is 68.9 Å². The summed E-state index contributed by atoms with van der Waals surface area (Å²) in [6.07, 6.45) is 5.43. The molecule has 2 aromatic rings. The summed E-state index contributed by atoms with van der Waals surface area (Å²) >= 11 is 9.71. The topological polar surface area (TPSA) is 55.8 Å². The Morgan fingerprint density at radius 2 is 1.59 bits per heavy atom. The van der Waals surface area contributed by atoms with E-state index in [0.717, 1.165) is 76.8 Å². The maximum atomic E-state index is 13.4. The minimum Gasteiger partial charge on any atom is -0.493 e. The number of nitrogens with zero attached hydrogens (tertiary/aromatic N) is 1. The number of allylic oxidation sites excluding steroid dienone is 4. The minimum atomic E-state index is -0.380. The number of halogens is 2. The van der Waals surface area contributed by atoms with Crippen LogP contribution in [0.25, 0.3) is 0 Å². The van der Waals surface area contributed by atoms with Gasteiger partial charge in [0.25, 0.3) is 0 Å². The van der Waals surface area contributed by atoms with Crippen LogP contribution in [0.15, 0.2) is 63.4 Å². The fourth-order valence-corrected chi connectivity index (χ4v) is 6.53. The van der Waals surface area contributed by atoms with E-state index in [9.17, 15) is 9.59 Å². The highest BCUT2D eigenvalue weighted by molar-refractivity contribution is 9.10. The van der Waals surface area contributed by atoms with E-state index in [-0.39, 0.29) is 17.5 Å². The summed E-state index contributed by atoms with van der Waals surface area (Å²) in [4.78, 5) is 29.2. The zero-order valence-corrected chi connectivity index (χ0v) is 23.6. The van der Waals surface area contributed by atoms with Gasteiger partial charge in [0.2, 0.25) is 0 Å². The van der Waals surface area contributed by atoms with Crippen LogP contribution in [0.4, 0.5) is 0 Å². The Balaban J connectivity index is 1.59. The zero-order chi connectivity index (χ0) is 26.1. The molecule has 5 nitrogen and oxygen atoms in total. The first-order valence-electron chi connectivity index (χ1n) is 13.0. The Labute approximate surface area is 231 Å². The van der Waals surface area contributed by atoms with Gasteiger partial charge in [0.05, 0.1) is 11.6 Å². The minimum absolute atomic E-state index is 0.149. The lowest BCUT2D eigenvalue weighted by atomic mass is 9.71. The second-order valence-corrected chi connectivity index (χ2v) is 11.1. The Bertz CT molecular complexity index is 1250. The van der Waals surface area contributed by atoms with Crippen molar-refractivity contribution in [1.82, 2.24) is 4.90 Å². The Morgan fingerprint density at radius 3 is 2.16 bits per heavy atom. The normalized spacial score (nSPS) is 18.2. The van der Waals surface area contributed by atoms with Gasteiger partial charge >= 0.3 is 0 Å². The van der Waals surface area contributed by atoms with Crippen molar-refractivity contribution < 1.29 is 19.1 Å². The third-order valence-corrected chi connectivity index (χ3v) is 8.26. The predicted molar refractivity (Wildman–Crippen MR) is 148 cm³/mol. The Kier molecular flexibility index (Phi) is 7.77. The third kappa shape index (κ3) is 4.98. The number of carbonyl (C=O) groups is 2. The van der Waals surface area contributed by atoms with E-state index in [4.69, 9.17) is 21.1 Å². The van der Waals surface area contributed by atoms with Crippen LogP contribution in [-0.4, -0.2) is 30.1 Å². The molecular weight excluding hydrogens is 554 g/mol. The van der Waals surface area contributed by atoms with Crippen molar-refractivity contribution in [1.29, 1.82) is 0 Å². The first kappa shape index (κ1) is 26.1. The van der Waals surface area contributed by atoms with Crippen LogP contribution in [0.3, 0.4) is 0 Å². The van der Waals surface area contributed by atoms with Gasteiger partial charge in [-0.25, -0.2) is 0 Å². The summed E-state index contributed by atoms with van der Waals surface area (Å²) < 4.78 is 12.6. The molecule has 1 aliphatic heterocycles. The summed E-state index contributed by atoms with van der Waals surface area (Å²) in [7, 11) is 1.61. The lowest BCUT2D eigenvalue weighted by molar-refractivity contribution is -0.117. The van der Waals surface area contributed by atoms with Crippen molar-refractivity contribution in [3.05, 3.63) is 79.6 Å². The van der Waals surface area contributed by atoms with Gasteiger partial charge in [-0.05, 0) is 83.4 Å². The van der Waals surface area contributed by atoms with E-state index < -0.39 is 0 Å². The van der Waals surface area contributed by atoms with E-state index >= 15 is 0 Å². The summed E-state index contributed by atoms with van der Waals surface area (Å²) in [6, 6.07) is 11.4. The maximum Gasteiger partial charge on any atom is 0.175 e. The molecule has 5 rings (SSSR count). The molecule has 0 fully saturated rings. The molecule has 37 heavy (non-hydrogen) atoms. The Hall–Kier alpha value is -2.57. The summed E-state index contributed by atoms with van der Waals surface area (Å²) in [5.74, 6) is 1.06. The fraction of sp³-hybridized carbons (Fsp3) is 0.400. The zero-order valence-electron chi connectivity index (χ0n) is 21.2. The number of hydrogen-bond donors (Lipinski definition) is 0. The van der Waals surface area contributed by atoms with Crippen molar-refractivity contribution in [2.24, 2.45) is 0 Å². The molecule has 0 saturated heterocycles. The number of Topliss-reactive ketones (excluding diaryl/α,β-unsaturated/α-hetero) is 2. The average molecular weight is 585 g/mol. The number of ether oxygens (including phenoxy) is 2. The molecule has 0 bridgehead atoms. The molecular formula is C30H31BrClNO4. The van der Waals surface area contributed by atoms with Crippen molar-refractivity contribution in [3.8, 4) is 11.5 Å². The van der Waals surface area contributed by atoms with Crippen molar-refractivity contribution >= 4 is 39.1 Å². The lowest BCUT2D eigenvalue weighted by Gasteiger charge is -2.44. The lowest BCUT2D eigenvalue weighted by Crippen LogP contribution is -2.39. The maximum absolute atomic E-state index is 13.4. The monoisotopic (exact) mass is 583 g/mol. The average Bonchev–Trinajstić information content (AvgIpc) is 2.89. The highest BCUT2D eigenvalue weighted by atomic mass is 79.9. The van der Waals surface area contributed by atoms with Crippen LogP contribution >= 0.6 is 27.5 Å². The molecule has 0 saturated carbocycles. The quantitative estimate of drug-likeness (QED) is 0.337. The molecule has 0 atom stereocenters. The molecule has 7 heteroatoms. The largest absolute Gasteiger partial charge is 0.493 e. The van der Waals surface area contributed by atoms with Crippen LogP contribution < -0.4 is 9.47 Å². The second-order valence-electron chi connectivity index (χ2n) is 9.81. The van der Waals surface area contributed by atoms with Crippen LogP contribution in [0.2, 0.25) is 5.02 Å². The van der Waals surface area contributed by atoms with Gasteiger partial charge in [-0.1, -0.05) is 30.7 Å². The number of benzene rings is 2. The van der Waals surface area contributed by atoms with Gasteiger partial charge in [0, 0.05) is 52.9 Å². The number of carbonyl (C=O) groups excluding carboxylic acids is 2. The van der Waals surface area contributed by atoms with E-state index in [0.29, 0.717) is 36.0 Å². The van der Waals surface area contributed by atoms with E-state index in [1.165, 1.54) is 0 Å². The molecule has 0 amide bonds. The highest BCUT2D eigenvalue weighted by Gasteiger charge is 2.43. The van der Waals surface area contributed by atoms with Crippen LogP contribution in [-0.2, 0) is 16.2 Å². The number of hydrogen-bond acceptors (Lipinski definition) is 5. The van der Waals surface area contributed by atoms with Crippen molar-refractivity contribution in [2.75, 3.05) is 13.7 Å². The second kappa shape index (κ2) is 11.0. The predicted octanol–water partition coefficient (Wildman–Crippen LogP) is 7.51. The standard InChI is InChI=1S/C30H31BrClNO4/c1-3-14-33-22-6-4-8-24(34)28(22)27(29-23(33)7-5-9-25(29)35)19-15-21(31)30(26(16-19)36-2)37-17-18-10-12-20(32)13-11-18/h10-13,15-16,27H,3-9,14,17H2,1-2H3. The van der Waals surface area contributed by atoms with Gasteiger partial charge in [0.1, 0.15) is 6.61 Å². The molecule has 2 aromatic carbocycles. The third-order valence-electron chi connectivity index (χ3n) is 7.42. The van der Waals surface area contributed by atoms with Crippen molar-refractivity contribution in [3.63, 3.8) is 0 Å². The molecule has 0 spiro atoms. The van der Waals surface area contributed by atoms with Gasteiger partial charge in [0.15, 0.2) is 23.1 Å². The molecule has 1 heterocycles. The van der Waals surface area contributed by atoms with Crippen LogP contribution in [0.5, 0.6) is 11.5 Å². The smallest absolute Gasteiger partial charge is 0.175 e. The van der Waals surface area contributed by atoms with Crippen molar-refractivity contribution in [2.45, 2.75) is 64.4 Å². The van der Waals surface area contributed by atoms with E-state index in [1.54, 1.807) is 7.11 Å². The van der Waals surface area contributed by atoms with E-state index in [2.05, 4.69) is 27.8 Å².